The fourth-order valence-electron chi connectivity index (χ4n) is 2.18. The van der Waals surface area contributed by atoms with Crippen molar-refractivity contribution >= 4 is 52.0 Å². The average Bonchev–Trinajstić information content (AvgIpc) is 3.02. The largest absolute Gasteiger partial charge is 0.348 e. The number of hydrogen-bond acceptors (Lipinski definition) is 4. The van der Waals surface area contributed by atoms with Gasteiger partial charge in [0.05, 0.1) is 6.54 Å². The Kier molecular flexibility index (Phi) is 6.09. The third kappa shape index (κ3) is 4.32. The standard InChI is InChI=1S/C17H11Cl3FN3OS/c18-10-3-4-11(12(19)6-10)13(21)8-23-16(25)14-15(20)24-17(26-14)9-2-1-5-22-7-9/h1-7,13H,8H2,(H,23,25). The van der Waals surface area contributed by atoms with Crippen LogP contribution in [0.5, 0.6) is 0 Å². The Bertz CT molecular complexity index is 936. The molecule has 1 aromatic carbocycles. The molecule has 0 aliphatic carbocycles. The SMILES string of the molecule is O=C(NCC(F)c1ccc(Cl)cc1Cl)c1sc(-c2cccnc2)nc1Cl. The number of nitrogens with zero attached hydrogens (tertiary/aromatic N) is 2. The molecule has 0 saturated carbocycles. The number of thiazole rings is 1. The number of halogens is 4. The van der Waals surface area contributed by atoms with Gasteiger partial charge >= 0.3 is 0 Å². The minimum absolute atomic E-state index is 0.0614. The number of carbonyl (C=O) groups is 1. The molecule has 0 saturated heterocycles. The second-order valence-corrected chi connectivity index (χ2v) is 7.42. The molecule has 0 radical (unpaired) electrons. The lowest BCUT2D eigenvalue weighted by Crippen LogP contribution is -2.26. The number of pyridine rings is 1. The van der Waals surface area contributed by atoms with E-state index in [4.69, 9.17) is 34.8 Å². The Hall–Kier alpha value is -1.73. The summed E-state index contributed by atoms with van der Waals surface area (Å²) in [6.45, 7) is -0.253. The molecule has 26 heavy (non-hydrogen) atoms. The van der Waals surface area contributed by atoms with Gasteiger partial charge in [0.2, 0.25) is 0 Å². The Labute approximate surface area is 168 Å². The number of carbonyl (C=O) groups excluding carboxylic acids is 1. The van der Waals surface area contributed by atoms with Crippen LogP contribution in [-0.4, -0.2) is 22.4 Å². The van der Waals surface area contributed by atoms with Crippen LogP contribution >= 0.6 is 46.1 Å². The maximum Gasteiger partial charge on any atom is 0.264 e. The number of rotatable bonds is 5. The summed E-state index contributed by atoms with van der Waals surface area (Å²) in [7, 11) is 0. The van der Waals surface area contributed by atoms with Crippen LogP contribution in [0.25, 0.3) is 10.6 Å². The van der Waals surface area contributed by atoms with E-state index in [9.17, 15) is 9.18 Å². The highest BCUT2D eigenvalue weighted by molar-refractivity contribution is 7.17. The summed E-state index contributed by atoms with van der Waals surface area (Å²) in [6, 6.07) is 8.05. The van der Waals surface area contributed by atoms with E-state index < -0.39 is 12.1 Å². The van der Waals surface area contributed by atoms with Crippen LogP contribution in [0.2, 0.25) is 15.2 Å². The van der Waals surface area contributed by atoms with Gasteiger partial charge < -0.3 is 5.32 Å². The molecule has 0 fully saturated rings. The molecule has 2 aromatic heterocycles. The van der Waals surface area contributed by atoms with E-state index in [1.807, 2.05) is 6.07 Å². The van der Waals surface area contributed by atoms with E-state index in [0.717, 1.165) is 16.9 Å². The summed E-state index contributed by atoms with van der Waals surface area (Å²) in [5.74, 6) is -0.504. The molecule has 9 heteroatoms. The van der Waals surface area contributed by atoms with Gasteiger partial charge in [-0.2, -0.15) is 0 Å². The van der Waals surface area contributed by atoms with Crippen molar-refractivity contribution in [2.75, 3.05) is 6.54 Å². The van der Waals surface area contributed by atoms with Gasteiger partial charge in [-0.15, -0.1) is 11.3 Å². The molecule has 1 amide bonds. The number of amides is 1. The number of alkyl halides is 1. The lowest BCUT2D eigenvalue weighted by molar-refractivity contribution is 0.0946. The van der Waals surface area contributed by atoms with Crippen LogP contribution in [0.15, 0.2) is 42.7 Å². The van der Waals surface area contributed by atoms with Gasteiger partial charge in [0.1, 0.15) is 16.1 Å². The van der Waals surface area contributed by atoms with Gasteiger partial charge in [0.25, 0.3) is 5.91 Å². The highest BCUT2D eigenvalue weighted by atomic mass is 35.5. The average molecular weight is 431 g/mol. The molecule has 0 aliphatic heterocycles. The predicted molar refractivity (Wildman–Crippen MR) is 103 cm³/mol. The first kappa shape index (κ1) is 19.0. The highest BCUT2D eigenvalue weighted by Gasteiger charge is 2.20. The molecule has 1 N–H and O–H groups in total. The second-order valence-electron chi connectivity index (χ2n) is 5.22. The van der Waals surface area contributed by atoms with Crippen molar-refractivity contribution in [3.63, 3.8) is 0 Å². The van der Waals surface area contributed by atoms with Gasteiger partial charge in [-0.3, -0.25) is 9.78 Å². The monoisotopic (exact) mass is 429 g/mol. The maximum atomic E-state index is 14.4. The molecule has 1 unspecified atom stereocenters. The van der Waals surface area contributed by atoms with E-state index in [-0.39, 0.29) is 27.2 Å². The summed E-state index contributed by atoms with van der Waals surface area (Å²) in [4.78, 5) is 20.7. The topological polar surface area (TPSA) is 54.9 Å². The molecule has 0 bridgehead atoms. The number of hydrogen-bond donors (Lipinski definition) is 1. The van der Waals surface area contributed by atoms with Crippen molar-refractivity contribution in [3.8, 4) is 10.6 Å². The second kappa shape index (κ2) is 8.31. The van der Waals surface area contributed by atoms with Crippen molar-refractivity contribution in [2.24, 2.45) is 0 Å². The van der Waals surface area contributed by atoms with Crippen LogP contribution in [0, 0.1) is 0 Å². The highest BCUT2D eigenvalue weighted by Crippen LogP contribution is 2.31. The summed E-state index contributed by atoms with van der Waals surface area (Å²) in [6.07, 6.45) is 1.78. The molecular formula is C17H11Cl3FN3OS. The van der Waals surface area contributed by atoms with Crippen LogP contribution < -0.4 is 5.32 Å². The molecule has 0 spiro atoms. The molecule has 3 rings (SSSR count). The first-order valence-corrected chi connectivity index (χ1v) is 9.34. The zero-order valence-electron chi connectivity index (χ0n) is 13.0. The smallest absolute Gasteiger partial charge is 0.264 e. The van der Waals surface area contributed by atoms with Crippen LogP contribution in [0.1, 0.15) is 21.4 Å². The number of nitrogens with one attached hydrogen (secondary N) is 1. The maximum absolute atomic E-state index is 14.4. The Morgan fingerprint density at radius 3 is 2.77 bits per heavy atom. The molecule has 0 aliphatic rings. The van der Waals surface area contributed by atoms with Gasteiger partial charge in [-0.25, -0.2) is 9.37 Å². The Morgan fingerprint density at radius 2 is 2.08 bits per heavy atom. The van der Waals surface area contributed by atoms with Gasteiger partial charge in [0.15, 0.2) is 5.15 Å². The normalized spacial score (nSPS) is 12.0. The zero-order valence-corrected chi connectivity index (χ0v) is 16.1. The van der Waals surface area contributed by atoms with Crippen LogP contribution in [0.3, 0.4) is 0 Å². The van der Waals surface area contributed by atoms with Crippen molar-refractivity contribution in [3.05, 3.63) is 68.4 Å². The third-order valence-electron chi connectivity index (χ3n) is 3.44. The van der Waals surface area contributed by atoms with E-state index >= 15 is 0 Å². The van der Waals surface area contributed by atoms with Crippen molar-refractivity contribution in [1.82, 2.24) is 15.3 Å². The Morgan fingerprint density at radius 1 is 1.27 bits per heavy atom. The molecular weight excluding hydrogens is 420 g/mol. The van der Waals surface area contributed by atoms with Gasteiger partial charge in [-0.1, -0.05) is 40.9 Å². The third-order valence-corrected chi connectivity index (χ3v) is 5.49. The van der Waals surface area contributed by atoms with E-state index in [1.165, 1.54) is 18.2 Å². The summed E-state index contributed by atoms with van der Waals surface area (Å²) < 4.78 is 14.4. The van der Waals surface area contributed by atoms with Crippen molar-refractivity contribution in [2.45, 2.75) is 6.17 Å². The van der Waals surface area contributed by atoms with Gasteiger partial charge in [0, 0.05) is 33.6 Å². The van der Waals surface area contributed by atoms with Gasteiger partial charge in [-0.05, 0) is 24.3 Å². The zero-order chi connectivity index (χ0) is 18.7. The first-order chi connectivity index (χ1) is 12.5. The van der Waals surface area contributed by atoms with Crippen LogP contribution in [-0.2, 0) is 0 Å². The van der Waals surface area contributed by atoms with Crippen molar-refractivity contribution < 1.29 is 9.18 Å². The van der Waals surface area contributed by atoms with Crippen molar-refractivity contribution in [1.29, 1.82) is 0 Å². The lowest BCUT2D eigenvalue weighted by Gasteiger charge is -2.11. The molecule has 1 atom stereocenters. The fraction of sp³-hybridized carbons (Fsp3) is 0.118. The first-order valence-electron chi connectivity index (χ1n) is 7.39. The molecule has 4 nitrogen and oxygen atoms in total. The fourth-order valence-corrected chi connectivity index (χ4v) is 3.91. The van der Waals surface area contributed by atoms with Crippen LogP contribution in [0.4, 0.5) is 4.39 Å². The Balaban J connectivity index is 1.69. The lowest BCUT2D eigenvalue weighted by atomic mass is 10.1. The molecule has 3 aromatic rings. The predicted octanol–water partition coefficient (Wildman–Crippen LogP) is 5.61. The van der Waals surface area contributed by atoms with E-state index in [1.54, 1.807) is 18.5 Å². The quantitative estimate of drug-likeness (QED) is 0.573. The summed E-state index contributed by atoms with van der Waals surface area (Å²) in [5, 5.41) is 3.75. The number of benzene rings is 1. The van der Waals surface area contributed by atoms with E-state index in [0.29, 0.717) is 10.0 Å². The van der Waals surface area contributed by atoms with E-state index in [2.05, 4.69) is 15.3 Å². The summed E-state index contributed by atoms with van der Waals surface area (Å²) in [5.41, 5.74) is 0.998. The summed E-state index contributed by atoms with van der Waals surface area (Å²) >= 11 is 18.9. The molecule has 2 heterocycles. The molecule has 134 valence electrons. The minimum atomic E-state index is -1.48. The number of aromatic nitrogens is 2. The minimum Gasteiger partial charge on any atom is -0.348 e.